The molecule has 8 heteroatoms. The molecule has 0 amide bonds. The Morgan fingerprint density at radius 3 is 2.38 bits per heavy atom. The highest BCUT2D eigenvalue weighted by atomic mass is 127. The maximum Gasteiger partial charge on any atom is 0.229 e. The van der Waals surface area contributed by atoms with Crippen LogP contribution in [-0.4, -0.2) is 49.8 Å². The average molecular weight is 425 g/mol. The van der Waals surface area contributed by atoms with Crippen LogP contribution < -0.4 is 4.72 Å². The van der Waals surface area contributed by atoms with Crippen molar-refractivity contribution in [1.82, 2.24) is 9.80 Å². The first-order valence-electron chi connectivity index (χ1n) is 6.22. The smallest absolute Gasteiger partial charge is 0.229 e. The molecule has 1 heterocycles. The van der Waals surface area contributed by atoms with E-state index in [-0.39, 0.29) is 24.0 Å². The summed E-state index contributed by atoms with van der Waals surface area (Å²) >= 11 is 0. The van der Waals surface area contributed by atoms with Crippen molar-refractivity contribution in [2.45, 2.75) is 6.10 Å². The molecule has 2 rings (SSSR count). The zero-order valence-corrected chi connectivity index (χ0v) is 15.1. The van der Waals surface area contributed by atoms with Gasteiger partial charge in [0.2, 0.25) is 10.0 Å². The second-order valence-corrected chi connectivity index (χ2v) is 6.73. The topological polar surface area (TPSA) is 72.9 Å². The van der Waals surface area contributed by atoms with Gasteiger partial charge in [0.05, 0.1) is 19.0 Å². The fraction of sp³-hybridized carbons (Fsp3) is 0.385. The maximum absolute atomic E-state index is 11.1. The van der Waals surface area contributed by atoms with Crippen LogP contribution in [0.15, 0.2) is 36.7 Å². The van der Waals surface area contributed by atoms with Gasteiger partial charge in [-0.3, -0.25) is 4.72 Å². The third-order valence-corrected chi connectivity index (χ3v) is 3.55. The highest BCUT2D eigenvalue weighted by Crippen LogP contribution is 2.19. The van der Waals surface area contributed by atoms with Crippen molar-refractivity contribution in [2.24, 2.45) is 0 Å². The number of aliphatic hydroxyl groups excluding tert-OH is 1. The molecule has 0 fully saturated rings. The van der Waals surface area contributed by atoms with Gasteiger partial charge in [0.15, 0.2) is 0 Å². The molecule has 21 heavy (non-hydrogen) atoms. The van der Waals surface area contributed by atoms with Gasteiger partial charge in [0, 0.05) is 31.7 Å². The Labute approximate surface area is 142 Å². The number of hydrogen-bond donors (Lipinski definition) is 2. The molecule has 0 bridgehead atoms. The number of anilines is 1. The molecule has 6 nitrogen and oxygen atoms in total. The average Bonchev–Trinajstić information content (AvgIpc) is 2.73. The van der Waals surface area contributed by atoms with Crippen molar-refractivity contribution < 1.29 is 13.5 Å². The van der Waals surface area contributed by atoms with Gasteiger partial charge < -0.3 is 14.9 Å². The third kappa shape index (κ3) is 5.71. The van der Waals surface area contributed by atoms with Crippen molar-refractivity contribution in [1.29, 1.82) is 0 Å². The molecule has 0 saturated carbocycles. The molecular formula is C13H20IN3O3S. The second kappa shape index (κ2) is 7.32. The molecule has 1 unspecified atom stereocenters. The minimum Gasteiger partial charge on any atom is -0.387 e. The van der Waals surface area contributed by atoms with E-state index in [1.54, 1.807) is 24.3 Å². The van der Waals surface area contributed by atoms with Crippen molar-refractivity contribution in [2.75, 3.05) is 31.2 Å². The first-order valence-corrected chi connectivity index (χ1v) is 8.11. The molecule has 1 aromatic carbocycles. The summed E-state index contributed by atoms with van der Waals surface area (Å²) in [7, 11) is -1.30. The van der Waals surface area contributed by atoms with Crippen LogP contribution in [0.2, 0.25) is 0 Å². The van der Waals surface area contributed by atoms with E-state index in [1.165, 1.54) is 0 Å². The Morgan fingerprint density at radius 1 is 1.29 bits per heavy atom. The van der Waals surface area contributed by atoms with Gasteiger partial charge in [0.1, 0.15) is 0 Å². The Hall–Kier alpha value is -1.00. The lowest BCUT2D eigenvalue weighted by Crippen LogP contribution is -2.26. The van der Waals surface area contributed by atoms with Crippen LogP contribution in [0.1, 0.15) is 11.7 Å². The Bertz CT molecular complexity index is 589. The van der Waals surface area contributed by atoms with E-state index in [9.17, 15) is 13.5 Å². The molecule has 1 aliphatic heterocycles. The van der Waals surface area contributed by atoms with E-state index in [1.807, 2.05) is 29.2 Å². The molecule has 0 saturated heterocycles. The number of benzene rings is 1. The predicted molar refractivity (Wildman–Crippen MR) is 93.8 cm³/mol. The number of β-amino-alcohol motifs (C(OH)–C–C–N with tert-alkyl or cyclic N) is 1. The highest BCUT2D eigenvalue weighted by Gasteiger charge is 2.15. The monoisotopic (exact) mass is 425 g/mol. The summed E-state index contributed by atoms with van der Waals surface area (Å²) in [5, 5.41) is 10.2. The van der Waals surface area contributed by atoms with Crippen LogP contribution in [0.25, 0.3) is 0 Å². The SMILES string of the molecule is CN1C=CN(CC(O)c2ccc(NS(C)(=O)=O)cc2)C1.I. The molecule has 0 spiro atoms. The minimum absolute atomic E-state index is 0. The second-order valence-electron chi connectivity index (χ2n) is 4.98. The van der Waals surface area contributed by atoms with E-state index in [2.05, 4.69) is 4.72 Å². The molecule has 0 aliphatic carbocycles. The molecule has 2 N–H and O–H groups in total. The van der Waals surface area contributed by atoms with Gasteiger partial charge >= 0.3 is 0 Å². The minimum atomic E-state index is -3.27. The zero-order valence-electron chi connectivity index (χ0n) is 11.9. The predicted octanol–water partition coefficient (Wildman–Crippen LogP) is 1.39. The van der Waals surface area contributed by atoms with E-state index in [4.69, 9.17) is 0 Å². The van der Waals surface area contributed by atoms with Crippen LogP contribution in [0.5, 0.6) is 0 Å². The summed E-state index contributed by atoms with van der Waals surface area (Å²) in [5.41, 5.74) is 1.25. The van der Waals surface area contributed by atoms with Gasteiger partial charge in [-0.25, -0.2) is 8.42 Å². The fourth-order valence-electron chi connectivity index (χ4n) is 2.02. The lowest BCUT2D eigenvalue weighted by atomic mass is 10.1. The zero-order chi connectivity index (χ0) is 14.8. The summed E-state index contributed by atoms with van der Waals surface area (Å²) in [6.07, 6.45) is 4.37. The lowest BCUT2D eigenvalue weighted by Gasteiger charge is -2.21. The fourth-order valence-corrected chi connectivity index (χ4v) is 2.59. The van der Waals surface area contributed by atoms with E-state index in [0.717, 1.165) is 18.5 Å². The molecule has 1 atom stereocenters. The van der Waals surface area contributed by atoms with Crippen LogP contribution in [0.4, 0.5) is 5.69 Å². The van der Waals surface area contributed by atoms with Crippen LogP contribution in [0.3, 0.4) is 0 Å². The van der Waals surface area contributed by atoms with E-state index < -0.39 is 16.1 Å². The van der Waals surface area contributed by atoms with Crippen LogP contribution >= 0.6 is 24.0 Å². The number of nitrogens with one attached hydrogen (secondary N) is 1. The summed E-state index contributed by atoms with van der Waals surface area (Å²) in [6, 6.07) is 6.74. The van der Waals surface area contributed by atoms with Gasteiger partial charge in [0.25, 0.3) is 0 Å². The highest BCUT2D eigenvalue weighted by molar-refractivity contribution is 14.0. The summed E-state index contributed by atoms with van der Waals surface area (Å²) in [5.74, 6) is 0. The molecule has 118 valence electrons. The third-order valence-electron chi connectivity index (χ3n) is 2.94. The van der Waals surface area contributed by atoms with Crippen molar-refractivity contribution in [3.63, 3.8) is 0 Å². The normalized spacial score (nSPS) is 15.8. The van der Waals surface area contributed by atoms with Crippen LogP contribution in [-0.2, 0) is 10.0 Å². The van der Waals surface area contributed by atoms with Crippen molar-refractivity contribution >= 4 is 39.7 Å². The van der Waals surface area contributed by atoms with Crippen molar-refractivity contribution in [3.8, 4) is 0 Å². The van der Waals surface area contributed by atoms with E-state index in [0.29, 0.717) is 12.2 Å². The standard InChI is InChI=1S/C13H19N3O3S.HI/c1-15-7-8-16(10-15)9-13(17)11-3-5-12(6-4-11)14-20(2,18)19;/h3-8,13-14,17H,9-10H2,1-2H3;1H. The maximum atomic E-state index is 11.1. The number of sulfonamides is 1. The van der Waals surface area contributed by atoms with Gasteiger partial charge in [-0.1, -0.05) is 12.1 Å². The Balaban J connectivity index is 0.00000220. The van der Waals surface area contributed by atoms with Gasteiger partial charge in [-0.15, -0.1) is 24.0 Å². The van der Waals surface area contributed by atoms with Crippen LogP contribution in [0, 0.1) is 0 Å². The first-order chi connectivity index (χ1) is 9.33. The summed E-state index contributed by atoms with van der Waals surface area (Å²) < 4.78 is 24.6. The quantitative estimate of drug-likeness (QED) is 0.698. The largest absolute Gasteiger partial charge is 0.387 e. The number of aliphatic hydroxyl groups is 1. The summed E-state index contributed by atoms with van der Waals surface area (Å²) in [6.45, 7) is 1.25. The van der Waals surface area contributed by atoms with Gasteiger partial charge in [-0.05, 0) is 17.7 Å². The number of halogens is 1. The molecule has 0 aromatic heterocycles. The molecule has 0 radical (unpaired) electrons. The molecular weight excluding hydrogens is 405 g/mol. The molecule has 1 aromatic rings. The summed E-state index contributed by atoms with van der Waals surface area (Å²) in [4.78, 5) is 4.03. The number of nitrogens with zero attached hydrogens (tertiary/aromatic N) is 2. The van der Waals surface area contributed by atoms with Crippen molar-refractivity contribution in [3.05, 3.63) is 42.2 Å². The number of rotatable bonds is 5. The Morgan fingerprint density at radius 2 is 1.90 bits per heavy atom. The lowest BCUT2D eigenvalue weighted by molar-refractivity contribution is 0.128. The van der Waals surface area contributed by atoms with E-state index >= 15 is 0 Å². The number of hydrogen-bond acceptors (Lipinski definition) is 5. The van der Waals surface area contributed by atoms with Gasteiger partial charge in [-0.2, -0.15) is 0 Å². The first kappa shape index (κ1) is 18.1. The molecule has 1 aliphatic rings. The Kier molecular flexibility index (Phi) is 6.29.